The van der Waals surface area contributed by atoms with Crippen LogP contribution in [0, 0.1) is 23.2 Å². The smallest absolute Gasteiger partial charge is 0.0822 e. The molecule has 0 saturated heterocycles. The summed E-state index contributed by atoms with van der Waals surface area (Å²) in [6, 6.07) is 11.8. The molecule has 5 saturated carbocycles. The minimum absolute atomic E-state index is 0.138. The molecular formula is C25H36N2OS. The highest BCUT2D eigenvalue weighted by Gasteiger charge is 2.70. The normalized spacial score (nSPS) is 42.9. The van der Waals surface area contributed by atoms with Crippen molar-refractivity contribution in [3.8, 4) is 0 Å². The number of hydrogen-bond donors (Lipinski definition) is 2. The molecule has 1 aromatic carbocycles. The van der Waals surface area contributed by atoms with Gasteiger partial charge in [0.25, 0.3) is 0 Å². The van der Waals surface area contributed by atoms with Gasteiger partial charge in [-0.2, -0.15) is 0 Å². The van der Waals surface area contributed by atoms with E-state index in [0.29, 0.717) is 35.3 Å². The van der Waals surface area contributed by atoms with Crippen molar-refractivity contribution < 1.29 is 4.74 Å². The van der Waals surface area contributed by atoms with E-state index in [2.05, 4.69) is 42.6 Å². The van der Waals surface area contributed by atoms with Crippen molar-refractivity contribution in [3.63, 3.8) is 0 Å². The number of nitrogens with two attached hydrogens (primary N) is 1. The highest BCUT2D eigenvalue weighted by molar-refractivity contribution is 7.80. The van der Waals surface area contributed by atoms with E-state index in [-0.39, 0.29) is 5.41 Å². The molecule has 0 amide bonds. The molecule has 3 N–H and O–H groups in total. The first-order valence-corrected chi connectivity index (χ1v) is 12.2. The summed E-state index contributed by atoms with van der Waals surface area (Å²) in [6.07, 6.45) is 10.2. The van der Waals surface area contributed by atoms with Crippen molar-refractivity contribution in [1.29, 1.82) is 0 Å². The third-order valence-corrected chi connectivity index (χ3v) is 9.35. The SMILES string of the molecule is CCOC1C2CC3(c4ccccc4)CC1C(C(=S)NC1CCC(CN)CC1)(C2)C3. The molecule has 6 rings (SSSR count). The Morgan fingerprint density at radius 3 is 2.59 bits per heavy atom. The minimum Gasteiger partial charge on any atom is -0.378 e. The van der Waals surface area contributed by atoms with Crippen LogP contribution < -0.4 is 11.1 Å². The van der Waals surface area contributed by atoms with Crippen molar-refractivity contribution in [2.24, 2.45) is 28.9 Å². The van der Waals surface area contributed by atoms with Crippen LogP contribution in [0.4, 0.5) is 0 Å². The fourth-order valence-electron chi connectivity index (χ4n) is 7.62. The second-order valence-electron chi connectivity index (χ2n) is 10.3. The maximum absolute atomic E-state index is 6.34. The van der Waals surface area contributed by atoms with E-state index in [1.54, 1.807) is 0 Å². The molecule has 0 radical (unpaired) electrons. The summed E-state index contributed by atoms with van der Waals surface area (Å²) in [5.41, 5.74) is 7.85. The Hall–Kier alpha value is -0.970. The predicted molar refractivity (Wildman–Crippen MR) is 122 cm³/mol. The number of thiocarbonyl (C=S) groups is 1. The van der Waals surface area contributed by atoms with Gasteiger partial charge in [-0.15, -0.1) is 0 Å². The zero-order chi connectivity index (χ0) is 20.1. The first kappa shape index (κ1) is 20.0. The lowest BCUT2D eigenvalue weighted by Crippen LogP contribution is -2.47. The molecule has 5 atom stereocenters. The molecule has 5 aliphatic rings. The lowest BCUT2D eigenvalue weighted by molar-refractivity contribution is -0.0225. The molecule has 3 nitrogen and oxygen atoms in total. The maximum Gasteiger partial charge on any atom is 0.0822 e. The van der Waals surface area contributed by atoms with Crippen molar-refractivity contribution in [3.05, 3.63) is 35.9 Å². The second-order valence-corrected chi connectivity index (χ2v) is 10.7. The molecule has 5 fully saturated rings. The summed E-state index contributed by atoms with van der Waals surface area (Å²) >= 11 is 6.20. The molecule has 5 aliphatic carbocycles. The summed E-state index contributed by atoms with van der Waals surface area (Å²) in [6.45, 7) is 3.79. The lowest BCUT2D eigenvalue weighted by Gasteiger charge is -2.43. The first-order chi connectivity index (χ1) is 14.1. The van der Waals surface area contributed by atoms with Crippen LogP contribution in [-0.2, 0) is 10.2 Å². The highest BCUT2D eigenvalue weighted by atomic mass is 32.1. The van der Waals surface area contributed by atoms with Crippen molar-refractivity contribution in [2.45, 2.75) is 75.9 Å². The summed E-state index contributed by atoms with van der Waals surface area (Å²) in [5, 5.41) is 3.88. The van der Waals surface area contributed by atoms with Crippen LogP contribution >= 0.6 is 12.2 Å². The standard InChI is InChI=1S/C25H36N2OS/c1-2-28-22-18-12-24(19-6-4-3-5-7-19)14-21(22)25(13-18,16-24)23(29)27-20-10-8-17(15-26)9-11-20/h3-7,17-18,20-22H,2,8-16,26H2,1H3,(H,27,29). The maximum atomic E-state index is 6.34. The molecule has 1 aromatic rings. The monoisotopic (exact) mass is 412 g/mol. The average molecular weight is 413 g/mol. The van der Waals surface area contributed by atoms with E-state index in [4.69, 9.17) is 22.7 Å². The number of benzene rings is 1. The lowest BCUT2D eigenvalue weighted by atomic mass is 9.63. The fraction of sp³-hybridized carbons (Fsp3) is 0.720. The van der Waals surface area contributed by atoms with E-state index in [9.17, 15) is 0 Å². The van der Waals surface area contributed by atoms with Gasteiger partial charge in [0.2, 0.25) is 0 Å². The molecule has 158 valence electrons. The zero-order valence-electron chi connectivity index (χ0n) is 17.7. The molecule has 29 heavy (non-hydrogen) atoms. The van der Waals surface area contributed by atoms with Gasteiger partial charge in [0.1, 0.15) is 0 Å². The largest absolute Gasteiger partial charge is 0.378 e. The van der Waals surface area contributed by atoms with Gasteiger partial charge in [0.05, 0.1) is 11.1 Å². The molecule has 5 unspecified atom stereocenters. The van der Waals surface area contributed by atoms with Gasteiger partial charge >= 0.3 is 0 Å². The van der Waals surface area contributed by atoms with Crippen molar-refractivity contribution in [2.75, 3.05) is 13.2 Å². The Kier molecular flexibility index (Phi) is 5.24. The fourth-order valence-corrected chi connectivity index (χ4v) is 8.10. The first-order valence-electron chi connectivity index (χ1n) is 11.8. The van der Waals surface area contributed by atoms with E-state index < -0.39 is 0 Å². The Labute approximate surface area is 181 Å². The number of ether oxygens (including phenoxy) is 1. The van der Waals surface area contributed by atoms with Crippen LogP contribution in [0.25, 0.3) is 0 Å². The Balaban J connectivity index is 1.39. The molecule has 4 bridgehead atoms. The molecular weight excluding hydrogens is 376 g/mol. The average Bonchev–Trinajstić information content (AvgIpc) is 3.13. The van der Waals surface area contributed by atoms with E-state index in [1.807, 2.05) is 0 Å². The van der Waals surface area contributed by atoms with Gasteiger partial charge in [-0.1, -0.05) is 42.5 Å². The Morgan fingerprint density at radius 2 is 1.90 bits per heavy atom. The summed E-state index contributed by atoms with van der Waals surface area (Å²) in [7, 11) is 0. The zero-order valence-corrected chi connectivity index (χ0v) is 18.6. The molecule has 0 aliphatic heterocycles. The molecule has 0 aromatic heterocycles. The summed E-state index contributed by atoms with van der Waals surface area (Å²) in [4.78, 5) is 1.16. The van der Waals surface area contributed by atoms with Crippen LogP contribution in [0.3, 0.4) is 0 Å². The quantitative estimate of drug-likeness (QED) is 0.671. The van der Waals surface area contributed by atoms with Crippen molar-refractivity contribution in [1.82, 2.24) is 5.32 Å². The number of nitrogens with one attached hydrogen (secondary N) is 1. The third-order valence-electron chi connectivity index (χ3n) is 8.83. The molecule has 0 heterocycles. The van der Waals surface area contributed by atoms with Crippen LogP contribution in [0.5, 0.6) is 0 Å². The second kappa shape index (κ2) is 7.62. The minimum atomic E-state index is 0.138. The van der Waals surface area contributed by atoms with E-state index in [1.165, 1.54) is 56.9 Å². The predicted octanol–water partition coefficient (Wildman–Crippen LogP) is 4.58. The van der Waals surface area contributed by atoms with Crippen molar-refractivity contribution >= 4 is 17.2 Å². The Morgan fingerprint density at radius 1 is 1.14 bits per heavy atom. The van der Waals surface area contributed by atoms with Gasteiger partial charge in [0.15, 0.2) is 0 Å². The van der Waals surface area contributed by atoms with E-state index >= 15 is 0 Å². The van der Waals surface area contributed by atoms with E-state index in [0.717, 1.165) is 18.1 Å². The van der Waals surface area contributed by atoms with Gasteiger partial charge in [-0.05, 0) is 93.6 Å². The summed E-state index contributed by atoms with van der Waals surface area (Å²) < 4.78 is 6.34. The van der Waals surface area contributed by atoms with Gasteiger partial charge in [-0.25, -0.2) is 0 Å². The summed E-state index contributed by atoms with van der Waals surface area (Å²) in [5.74, 6) is 1.93. The van der Waals surface area contributed by atoms with Crippen LogP contribution in [0.1, 0.15) is 63.9 Å². The highest BCUT2D eigenvalue weighted by Crippen LogP contribution is 2.71. The molecule has 0 spiro atoms. The van der Waals surface area contributed by atoms with Gasteiger partial charge in [-0.3, -0.25) is 0 Å². The number of hydrogen-bond acceptors (Lipinski definition) is 3. The topological polar surface area (TPSA) is 47.3 Å². The Bertz CT molecular complexity index is 746. The van der Waals surface area contributed by atoms with Gasteiger partial charge in [0, 0.05) is 18.1 Å². The third kappa shape index (κ3) is 3.18. The van der Waals surface area contributed by atoms with Crippen LogP contribution in [0.2, 0.25) is 0 Å². The van der Waals surface area contributed by atoms with Crippen LogP contribution in [-0.4, -0.2) is 30.3 Å². The number of rotatable bonds is 6. The van der Waals surface area contributed by atoms with Crippen LogP contribution in [0.15, 0.2) is 30.3 Å². The molecule has 4 heteroatoms. The van der Waals surface area contributed by atoms with Gasteiger partial charge < -0.3 is 15.8 Å².